The predicted molar refractivity (Wildman–Crippen MR) is 104 cm³/mol. The topological polar surface area (TPSA) is 171 Å². The molecule has 0 saturated heterocycles. The first kappa shape index (κ1) is 22.2. The zero-order valence-electron chi connectivity index (χ0n) is 16.4. The van der Waals surface area contributed by atoms with E-state index < -0.39 is 30.0 Å². The van der Waals surface area contributed by atoms with Crippen molar-refractivity contribution in [1.29, 1.82) is 0 Å². The average molecular weight is 415 g/mol. The van der Waals surface area contributed by atoms with Crippen LogP contribution in [-0.2, 0) is 27.4 Å². The average Bonchev–Trinajstić information content (AvgIpc) is 3.25. The van der Waals surface area contributed by atoms with Gasteiger partial charge in [0.2, 0.25) is 11.8 Å². The summed E-state index contributed by atoms with van der Waals surface area (Å²) in [4.78, 5) is 45.4. The van der Waals surface area contributed by atoms with E-state index in [1.807, 2.05) is 0 Å². The van der Waals surface area contributed by atoms with Crippen molar-refractivity contribution in [1.82, 2.24) is 20.6 Å². The zero-order valence-corrected chi connectivity index (χ0v) is 16.4. The van der Waals surface area contributed by atoms with Gasteiger partial charge in [0, 0.05) is 23.2 Å². The van der Waals surface area contributed by atoms with E-state index in [-0.39, 0.29) is 13.0 Å². The Morgan fingerprint density at radius 3 is 2.60 bits per heavy atom. The fraction of sp³-hybridized carbons (Fsp3) is 0.333. The SMILES string of the molecule is COc1ccc(COC(=O)N[C@@H](Cc2cnc[nH]2)C(=O)N[C@@H](C)C(=O)N=[N+]=[N-])cc1. The minimum Gasteiger partial charge on any atom is -0.497 e. The molecule has 2 atom stereocenters. The van der Waals surface area contributed by atoms with E-state index in [9.17, 15) is 14.4 Å². The molecule has 30 heavy (non-hydrogen) atoms. The number of carbonyl (C=O) groups excluding carboxylic acids is 3. The van der Waals surface area contributed by atoms with E-state index in [4.69, 9.17) is 15.0 Å². The van der Waals surface area contributed by atoms with Crippen LogP contribution in [0.4, 0.5) is 4.79 Å². The number of methoxy groups -OCH3 is 1. The highest BCUT2D eigenvalue weighted by molar-refractivity contribution is 5.91. The Kier molecular flexibility index (Phi) is 8.21. The third kappa shape index (κ3) is 6.84. The Balaban J connectivity index is 1.98. The zero-order chi connectivity index (χ0) is 21.9. The molecule has 3 N–H and O–H groups in total. The van der Waals surface area contributed by atoms with Crippen molar-refractivity contribution in [2.24, 2.45) is 5.11 Å². The van der Waals surface area contributed by atoms with Gasteiger partial charge in [0.25, 0.3) is 0 Å². The lowest BCUT2D eigenvalue weighted by Gasteiger charge is -2.19. The summed E-state index contributed by atoms with van der Waals surface area (Å²) in [5, 5.41) is 7.80. The largest absolute Gasteiger partial charge is 0.497 e. The standard InChI is InChI=1S/C18H21N7O5/c1-11(16(26)24-25-19)22-17(27)15(7-13-8-20-10-21-13)23-18(28)30-9-12-3-5-14(29-2)6-4-12/h3-6,8,10-11,15H,7,9H2,1-2H3,(H,20,21)(H,22,27)(H,23,28)/t11-,15-/m0/s1. The quantitative estimate of drug-likeness (QED) is 0.319. The molecule has 2 rings (SSSR count). The predicted octanol–water partition coefficient (Wildman–Crippen LogP) is 1.60. The molecule has 0 aliphatic rings. The van der Waals surface area contributed by atoms with Gasteiger partial charge in [0.15, 0.2) is 0 Å². The van der Waals surface area contributed by atoms with Gasteiger partial charge < -0.3 is 25.1 Å². The number of ether oxygens (including phenoxy) is 2. The molecule has 1 aromatic heterocycles. The number of imidazole rings is 1. The van der Waals surface area contributed by atoms with Crippen LogP contribution in [0.2, 0.25) is 0 Å². The molecule has 1 aromatic carbocycles. The number of azide groups is 1. The van der Waals surface area contributed by atoms with E-state index in [2.05, 4.69) is 30.6 Å². The number of alkyl carbamates (subject to hydrolysis) is 1. The highest BCUT2D eigenvalue weighted by Crippen LogP contribution is 2.12. The van der Waals surface area contributed by atoms with Crippen LogP contribution in [0.5, 0.6) is 5.75 Å². The van der Waals surface area contributed by atoms with Crippen molar-refractivity contribution in [2.45, 2.75) is 32.0 Å². The number of rotatable bonds is 9. The van der Waals surface area contributed by atoms with E-state index in [1.54, 1.807) is 31.4 Å². The molecule has 12 nitrogen and oxygen atoms in total. The number of hydrogen-bond donors (Lipinski definition) is 3. The van der Waals surface area contributed by atoms with Gasteiger partial charge in [0.1, 0.15) is 18.4 Å². The Morgan fingerprint density at radius 2 is 2.00 bits per heavy atom. The molecule has 0 aliphatic heterocycles. The van der Waals surface area contributed by atoms with E-state index in [0.717, 1.165) is 5.56 Å². The molecule has 0 unspecified atom stereocenters. The number of aromatic nitrogens is 2. The Bertz CT molecular complexity index is 908. The molecule has 158 valence electrons. The van der Waals surface area contributed by atoms with E-state index >= 15 is 0 Å². The van der Waals surface area contributed by atoms with Gasteiger partial charge in [-0.15, -0.1) is 0 Å². The number of hydrogen-bond acceptors (Lipinski definition) is 6. The molecule has 0 bridgehead atoms. The summed E-state index contributed by atoms with van der Waals surface area (Å²) in [6, 6.07) is 4.82. The van der Waals surface area contributed by atoms with Gasteiger partial charge in [-0.25, -0.2) is 9.78 Å². The number of carbonyl (C=O) groups is 3. The van der Waals surface area contributed by atoms with Gasteiger partial charge in [0.05, 0.1) is 19.5 Å². The van der Waals surface area contributed by atoms with Gasteiger partial charge in [-0.1, -0.05) is 12.1 Å². The fourth-order valence-corrected chi connectivity index (χ4v) is 2.39. The van der Waals surface area contributed by atoms with Crippen LogP contribution < -0.4 is 15.4 Å². The monoisotopic (exact) mass is 415 g/mol. The summed E-state index contributed by atoms with van der Waals surface area (Å²) in [5.41, 5.74) is 9.65. The molecule has 0 fully saturated rings. The van der Waals surface area contributed by atoms with Crippen LogP contribution in [0, 0.1) is 0 Å². The van der Waals surface area contributed by atoms with Gasteiger partial charge >= 0.3 is 6.09 Å². The second-order valence-corrected chi connectivity index (χ2v) is 6.16. The minimum absolute atomic E-state index is 0.0139. The van der Waals surface area contributed by atoms with Crippen molar-refractivity contribution in [3.8, 4) is 5.75 Å². The van der Waals surface area contributed by atoms with E-state index in [0.29, 0.717) is 11.4 Å². The Labute approximate surface area is 171 Å². The molecular formula is C18H21N7O5. The summed E-state index contributed by atoms with van der Waals surface area (Å²) in [5.74, 6) is -0.836. The van der Waals surface area contributed by atoms with Crippen LogP contribution in [0.3, 0.4) is 0 Å². The number of amides is 3. The molecule has 2 aromatic rings. The minimum atomic E-state index is -1.06. The van der Waals surface area contributed by atoms with Gasteiger partial charge in [-0.2, -0.15) is 0 Å². The van der Waals surface area contributed by atoms with Crippen LogP contribution in [-0.4, -0.2) is 47.1 Å². The highest BCUT2D eigenvalue weighted by atomic mass is 16.5. The summed E-state index contributed by atoms with van der Waals surface area (Å²) in [6.07, 6.45) is 2.19. The number of benzene rings is 1. The van der Waals surface area contributed by atoms with Crippen LogP contribution in [0.1, 0.15) is 18.2 Å². The third-order valence-electron chi connectivity index (χ3n) is 3.99. The van der Waals surface area contributed by atoms with Crippen LogP contribution >= 0.6 is 0 Å². The molecule has 0 radical (unpaired) electrons. The molecule has 0 saturated carbocycles. The smallest absolute Gasteiger partial charge is 0.408 e. The molecule has 0 spiro atoms. The lowest BCUT2D eigenvalue weighted by atomic mass is 10.1. The van der Waals surface area contributed by atoms with Crippen molar-refractivity contribution in [2.75, 3.05) is 7.11 Å². The Morgan fingerprint density at radius 1 is 1.27 bits per heavy atom. The first-order chi connectivity index (χ1) is 14.4. The lowest BCUT2D eigenvalue weighted by molar-refractivity contribution is -0.128. The molecule has 3 amide bonds. The van der Waals surface area contributed by atoms with Crippen molar-refractivity contribution >= 4 is 17.9 Å². The number of nitrogens with one attached hydrogen (secondary N) is 3. The second-order valence-electron chi connectivity index (χ2n) is 6.16. The third-order valence-corrected chi connectivity index (χ3v) is 3.99. The fourth-order valence-electron chi connectivity index (χ4n) is 2.39. The second kappa shape index (κ2) is 11.1. The molecule has 1 heterocycles. The highest BCUT2D eigenvalue weighted by Gasteiger charge is 2.25. The van der Waals surface area contributed by atoms with Crippen LogP contribution in [0.15, 0.2) is 41.9 Å². The summed E-state index contributed by atoms with van der Waals surface area (Å²) >= 11 is 0. The van der Waals surface area contributed by atoms with Crippen molar-refractivity contribution in [3.05, 3.63) is 58.5 Å². The first-order valence-electron chi connectivity index (χ1n) is 8.85. The molecule has 12 heteroatoms. The maximum Gasteiger partial charge on any atom is 0.408 e. The number of aromatic amines is 1. The maximum atomic E-state index is 12.6. The molecular weight excluding hydrogens is 394 g/mol. The lowest BCUT2D eigenvalue weighted by Crippen LogP contribution is -2.51. The molecule has 0 aliphatic carbocycles. The number of H-pyrrole nitrogens is 1. The summed E-state index contributed by atoms with van der Waals surface area (Å²) in [7, 11) is 1.55. The van der Waals surface area contributed by atoms with Gasteiger partial charge in [-0.05, 0) is 35.3 Å². The van der Waals surface area contributed by atoms with Crippen molar-refractivity contribution < 1.29 is 23.9 Å². The van der Waals surface area contributed by atoms with E-state index in [1.165, 1.54) is 19.4 Å². The first-order valence-corrected chi connectivity index (χ1v) is 8.85. The Hall–Kier alpha value is -4.05. The van der Waals surface area contributed by atoms with Gasteiger partial charge in [-0.3, -0.25) is 9.59 Å². The van der Waals surface area contributed by atoms with Crippen LogP contribution in [0.25, 0.3) is 10.4 Å². The maximum absolute atomic E-state index is 12.6. The van der Waals surface area contributed by atoms with Crippen molar-refractivity contribution in [3.63, 3.8) is 0 Å². The summed E-state index contributed by atoms with van der Waals surface area (Å²) < 4.78 is 10.2. The number of nitrogens with zero attached hydrogens (tertiary/aromatic N) is 4. The normalized spacial score (nSPS) is 12.1. The summed E-state index contributed by atoms with van der Waals surface area (Å²) in [6.45, 7) is 1.35.